The number of carboxylic acid groups (broad SMARTS) is 4. The van der Waals surface area contributed by atoms with E-state index in [9.17, 15) is 87.2 Å². The first-order valence-corrected chi connectivity index (χ1v) is 46.3. The predicted octanol–water partition coefficient (Wildman–Crippen LogP) is 3.92. The molecule has 0 saturated heterocycles. The van der Waals surface area contributed by atoms with Crippen molar-refractivity contribution in [3.63, 3.8) is 0 Å². The number of allylic oxidation sites excluding steroid dienone is 2. The summed E-state index contributed by atoms with van der Waals surface area (Å²) in [6, 6.07) is 11.1. The van der Waals surface area contributed by atoms with Gasteiger partial charge in [-0.05, 0) is 121 Å². The van der Waals surface area contributed by atoms with E-state index >= 15 is 0 Å². The number of primary amides is 2. The van der Waals surface area contributed by atoms with Gasteiger partial charge in [-0.15, -0.1) is 0 Å². The van der Waals surface area contributed by atoms with Crippen molar-refractivity contribution < 1.29 is 102 Å². The molecule has 758 valence electrons. The maximum Gasteiger partial charge on any atom is 0.305 e. The van der Waals surface area contributed by atoms with E-state index in [0.717, 1.165) is 17.1 Å². The highest BCUT2D eigenvalue weighted by Gasteiger charge is 2.37. The predicted molar refractivity (Wildman–Crippen MR) is 518 cm³/mol. The number of aliphatic carboxylic acids is 4. The Bertz CT molecular complexity index is 6670. The lowest BCUT2D eigenvalue weighted by Gasteiger charge is -2.26. The SMILES string of the molecule is CCn1nc(C)cc1C(=O)Nc1nc2cc(C(N)=O)cc(OC)c2n1C/C=C/Cn1c(NC(=O)c2cc(C)nn2CC)nc2cc(C(N)=O)cc(OCCCNC(=O)[C@H](CC(=O)O)NC(=O)[C@H](CCCNC(=N)N)NC(=O)[C@H](CC(=O)O)NC(=O)[C@H](CC(=O)O)NC(=O)CCCN3CCc4c(nc(C(=O)Nc5cccc(-c6cccc(NC(=O)c7nc8c(n7C)CCN(CCCC(=O)O)C8)c6Cl)c5Cl)n4C)C3)c21. The zero-order chi connectivity index (χ0) is 103. The van der Waals surface area contributed by atoms with Gasteiger partial charge in [-0.25, -0.2) is 19.9 Å². The van der Waals surface area contributed by atoms with E-state index in [2.05, 4.69) is 78.2 Å². The molecule has 0 bridgehead atoms. The Morgan fingerprint density at radius 3 is 1.39 bits per heavy atom. The van der Waals surface area contributed by atoms with Crippen molar-refractivity contribution in [1.29, 1.82) is 5.41 Å². The number of ether oxygens (including phenoxy) is 2. The minimum atomic E-state index is -2.09. The average Bonchev–Trinajstić information content (AvgIpc) is 1.61. The van der Waals surface area contributed by atoms with Crippen LogP contribution in [0.2, 0.25) is 10.0 Å². The summed E-state index contributed by atoms with van der Waals surface area (Å²) >= 11 is 14.0. The highest BCUT2D eigenvalue weighted by Crippen LogP contribution is 2.42. The molecule has 11 amide bonds. The molecule has 0 saturated carbocycles. The number of fused-ring (bicyclic) bond motifs is 4. The maximum absolute atomic E-state index is 14.4. The van der Waals surface area contributed by atoms with Crippen LogP contribution >= 0.6 is 23.2 Å². The maximum atomic E-state index is 14.4. The molecule has 8 heterocycles. The molecule has 0 spiro atoms. The van der Waals surface area contributed by atoms with Crippen LogP contribution in [0.25, 0.3) is 33.2 Å². The third-order valence-corrected chi connectivity index (χ3v) is 24.4. The van der Waals surface area contributed by atoms with Gasteiger partial charge in [0.05, 0.1) is 88.2 Å². The lowest BCUT2D eigenvalue weighted by molar-refractivity contribution is -0.143. The summed E-state index contributed by atoms with van der Waals surface area (Å²) in [7, 11) is 4.81. The number of carbonyl (C=O) groups is 15. The normalized spacial score (nSPS) is 13.3. The molecule has 0 aliphatic carbocycles. The van der Waals surface area contributed by atoms with Gasteiger partial charge in [-0.1, -0.05) is 59.6 Å². The Hall–Kier alpha value is -16.2. The van der Waals surface area contributed by atoms with Crippen LogP contribution in [0.4, 0.5) is 23.3 Å². The number of aromatic nitrogens is 12. The summed E-state index contributed by atoms with van der Waals surface area (Å²) in [5.41, 5.74) is 23.7. The van der Waals surface area contributed by atoms with Gasteiger partial charge in [-0.2, -0.15) is 10.2 Å². The number of methoxy groups -OCH3 is 1. The molecule has 0 unspecified atom stereocenters. The number of carbonyl (C=O) groups excluding carboxylic acids is 11. The van der Waals surface area contributed by atoms with E-state index in [1.807, 2.05) is 11.8 Å². The van der Waals surface area contributed by atoms with E-state index in [-0.39, 0.29) is 180 Å². The van der Waals surface area contributed by atoms with Gasteiger partial charge in [0, 0.05) is 139 Å². The summed E-state index contributed by atoms with van der Waals surface area (Å²) < 4.78 is 21.6. The van der Waals surface area contributed by atoms with Crippen molar-refractivity contribution in [3.8, 4) is 22.6 Å². The van der Waals surface area contributed by atoms with Crippen molar-refractivity contribution in [1.82, 2.24) is 99.5 Å². The summed E-state index contributed by atoms with van der Waals surface area (Å²) in [6.07, 6.45) is 0.963. The minimum absolute atomic E-state index is 0.00884. The molecule has 2 aliphatic heterocycles. The molecule has 10 aromatic rings. The van der Waals surface area contributed by atoms with Crippen molar-refractivity contribution in [2.24, 2.45) is 31.3 Å². The van der Waals surface area contributed by atoms with Gasteiger partial charge >= 0.3 is 23.9 Å². The van der Waals surface area contributed by atoms with Crippen LogP contribution in [0, 0.1) is 19.3 Å². The largest absolute Gasteiger partial charge is 0.494 e. The Morgan fingerprint density at radius 2 is 0.944 bits per heavy atom. The van der Waals surface area contributed by atoms with Crippen LogP contribution in [0.3, 0.4) is 0 Å². The van der Waals surface area contributed by atoms with Crippen molar-refractivity contribution in [3.05, 3.63) is 163 Å². The zero-order valence-corrected chi connectivity index (χ0v) is 80.6. The van der Waals surface area contributed by atoms with Crippen LogP contribution in [-0.2, 0) is 109 Å². The van der Waals surface area contributed by atoms with Gasteiger partial charge < -0.3 is 108 Å². The highest BCUT2D eigenvalue weighted by molar-refractivity contribution is 6.40. The number of nitrogens with zero attached hydrogens (tertiary/aromatic N) is 14. The van der Waals surface area contributed by atoms with Crippen LogP contribution in [-0.4, -0.2) is 260 Å². The number of nitrogens with one attached hydrogen (secondary N) is 11. The number of hydrogen-bond donors (Lipinski definition) is 18. The standard InChI is InChI=1S/C92H110Cl2N28O21/c1-8-121-65(36-47(3)113-121)86(138)111-91-109-56-38-49(78(95)132)40-67(142-7)76(56)119(91)31-10-11-32-120-77-57(110-92(120)112-87(139)66-37-48(4)114-122(66)9-2)39-50(79(96)133)41-68(77)143-35-17-28-99-82(134)58(42-71(126)127)107-83(135)55(22-14-27-100-90(97)98)106-85(137)60(44-73(130)131)108-84(136)59(43-72(128)129)101-69(123)23-15-29-117-33-25-63-61(45-117)102-80(115(63)5)88(140)104-53-20-12-18-51(74(53)93)52-19-13-21-54(75(52)94)105-89(141)81-103-62-46-118(30-16-24-70(124)125)34-26-64(62)116(81)6/h10-13,18-21,36-41,55,58-60H,8-9,14-17,22-35,42-46H2,1-7H3,(H2,95,132)(H2,96,133)(H,99,134)(H,101,123)(H,104,140)(H,105,141)(H,106,137)(H,107,135)(H,108,136)(H,124,125)(H,126,127)(H,128,129)(H,130,131)(H4,97,98,100)(H,109,111,138)(H,110,112,139)/b11-10+/t55-,58-,59-,60-/m0/s1. The molecule has 0 radical (unpaired) electrons. The van der Waals surface area contributed by atoms with E-state index in [1.54, 1.807) is 114 Å². The van der Waals surface area contributed by atoms with Gasteiger partial charge in [-0.3, -0.25) is 107 Å². The number of anilines is 4. The summed E-state index contributed by atoms with van der Waals surface area (Å²) in [5.74, 6) is -15.6. The van der Waals surface area contributed by atoms with Crippen LogP contribution in [0.5, 0.6) is 11.5 Å². The molecule has 21 N–H and O–H groups in total. The summed E-state index contributed by atoms with van der Waals surface area (Å²) in [6.45, 7) is 9.60. The average molecular weight is 2010 g/mol. The number of benzene rings is 4. The monoisotopic (exact) mass is 2010 g/mol. The molecule has 4 aromatic carbocycles. The number of hydrogen-bond acceptors (Lipinski definition) is 26. The fraction of sp³-hybridized carbons (Fsp3) is 0.391. The van der Waals surface area contributed by atoms with Gasteiger partial charge in [0.15, 0.2) is 17.6 Å². The van der Waals surface area contributed by atoms with Crippen LogP contribution < -0.4 is 79.8 Å². The molecule has 49 nitrogen and oxygen atoms in total. The molecule has 12 rings (SSSR count). The van der Waals surface area contributed by atoms with Crippen molar-refractivity contribution in [2.45, 2.75) is 168 Å². The first-order valence-electron chi connectivity index (χ1n) is 45.6. The fourth-order valence-corrected chi connectivity index (χ4v) is 17.3. The number of carboxylic acids is 4. The number of guanidine groups is 1. The first kappa shape index (κ1) is 106. The third kappa shape index (κ3) is 26.5. The van der Waals surface area contributed by atoms with Gasteiger partial charge in [0.2, 0.25) is 53.2 Å². The smallest absolute Gasteiger partial charge is 0.305 e. The first-order chi connectivity index (χ1) is 68.2. The molecule has 6 aromatic heterocycles. The van der Waals surface area contributed by atoms with Crippen molar-refractivity contribution >= 4 is 163 Å². The second-order valence-corrected chi connectivity index (χ2v) is 34.6. The molecule has 51 heteroatoms. The van der Waals surface area contributed by atoms with E-state index in [4.69, 9.17) is 70.4 Å². The molecule has 0 fully saturated rings. The molecule has 143 heavy (non-hydrogen) atoms. The number of nitrogens with two attached hydrogens (primary N) is 3. The number of aryl methyl sites for hydroxylation is 4. The fourth-order valence-electron chi connectivity index (χ4n) is 16.7. The van der Waals surface area contributed by atoms with Crippen molar-refractivity contribution in [2.75, 3.05) is 74.3 Å². The highest BCUT2D eigenvalue weighted by atomic mass is 35.5. The molecule has 2 aliphatic rings. The minimum Gasteiger partial charge on any atom is -0.494 e. The molecular weight excluding hydrogens is 1900 g/mol. The number of imidazole rings is 4. The number of rotatable bonds is 49. The van der Waals surface area contributed by atoms with E-state index < -0.39 is 138 Å². The Kier molecular flexibility index (Phi) is 35.2. The van der Waals surface area contributed by atoms with E-state index in [1.165, 1.54) is 40.7 Å². The zero-order valence-electron chi connectivity index (χ0n) is 79.0. The van der Waals surface area contributed by atoms with Gasteiger partial charge in [0.25, 0.3) is 23.6 Å². The van der Waals surface area contributed by atoms with Crippen LogP contribution in [0.1, 0.15) is 175 Å². The number of amides is 11. The lowest BCUT2D eigenvalue weighted by Crippen LogP contribution is -2.59. The topological polar surface area (TPSA) is 691 Å². The second kappa shape index (κ2) is 47.7. The number of halogens is 2. The van der Waals surface area contributed by atoms with Gasteiger partial charge in [0.1, 0.15) is 58.1 Å². The third-order valence-electron chi connectivity index (χ3n) is 23.6. The molecule has 4 atom stereocenters. The quantitative estimate of drug-likeness (QED) is 0.0111. The molecular formula is C92H110Cl2N28O21. The summed E-state index contributed by atoms with van der Waals surface area (Å²) in [5, 5.41) is 81.6. The summed E-state index contributed by atoms with van der Waals surface area (Å²) in [4.78, 5) is 223. The lowest BCUT2D eigenvalue weighted by atomic mass is 10.0. The Labute approximate surface area is 825 Å². The van der Waals surface area contributed by atoms with E-state index in [0.29, 0.717) is 92.3 Å². The second-order valence-electron chi connectivity index (χ2n) is 33.8. The Morgan fingerprint density at radius 1 is 0.510 bits per heavy atom. The van der Waals surface area contributed by atoms with Crippen LogP contribution in [0.15, 0.2) is 84.9 Å². The Balaban J connectivity index is 0.663.